The Morgan fingerprint density at radius 2 is 2.03 bits per heavy atom. The molecular weight excluding hydrogens is 409 g/mol. The molecule has 0 radical (unpaired) electrons. The van der Waals surface area contributed by atoms with Gasteiger partial charge in [-0.2, -0.15) is 22.5 Å². The van der Waals surface area contributed by atoms with Gasteiger partial charge < -0.3 is 4.52 Å². The minimum atomic E-state index is -4.72. The van der Waals surface area contributed by atoms with Gasteiger partial charge in [-0.1, -0.05) is 5.16 Å². The number of hydrogen-bond donors (Lipinski definition) is 0. The third-order valence-electron chi connectivity index (χ3n) is 4.03. The summed E-state index contributed by atoms with van der Waals surface area (Å²) >= 11 is 0. The lowest BCUT2D eigenvalue weighted by molar-refractivity contribution is -0.159. The summed E-state index contributed by atoms with van der Waals surface area (Å²) in [5, 5.41) is 3.37. The van der Waals surface area contributed by atoms with Gasteiger partial charge >= 0.3 is 12.1 Å². The highest BCUT2D eigenvalue weighted by molar-refractivity contribution is 7.93. The largest absolute Gasteiger partial charge is 0.471 e. The Kier molecular flexibility index (Phi) is 4.37. The van der Waals surface area contributed by atoms with Gasteiger partial charge in [-0.3, -0.25) is 9.38 Å². The van der Waals surface area contributed by atoms with E-state index in [2.05, 4.69) is 29.0 Å². The maximum atomic E-state index is 13.0. The van der Waals surface area contributed by atoms with Gasteiger partial charge in [0.15, 0.2) is 5.82 Å². The van der Waals surface area contributed by atoms with E-state index in [-0.39, 0.29) is 11.4 Å². The van der Waals surface area contributed by atoms with Crippen molar-refractivity contribution in [3.8, 4) is 11.4 Å². The van der Waals surface area contributed by atoms with E-state index in [0.29, 0.717) is 22.1 Å². The molecule has 0 aliphatic carbocycles. The summed E-state index contributed by atoms with van der Waals surface area (Å²) in [6, 6.07) is 6.34. The molecule has 12 heteroatoms. The van der Waals surface area contributed by atoms with E-state index in [1.807, 2.05) is 0 Å². The number of nitrogens with zero attached hydrogens (tertiary/aromatic N) is 6. The van der Waals surface area contributed by atoms with Crippen LogP contribution < -0.4 is 0 Å². The molecule has 0 aliphatic rings. The van der Waals surface area contributed by atoms with Crippen molar-refractivity contribution in [3.63, 3.8) is 0 Å². The zero-order valence-electron chi connectivity index (χ0n) is 15.1. The predicted octanol–water partition coefficient (Wildman–Crippen LogP) is 3.89. The van der Waals surface area contributed by atoms with Gasteiger partial charge in [-0.05, 0) is 31.2 Å². The fourth-order valence-corrected chi connectivity index (χ4v) is 3.89. The molecule has 4 rings (SSSR count). The number of imidazole rings is 1. The Hall–Kier alpha value is -3.28. The van der Waals surface area contributed by atoms with Crippen LogP contribution in [0.2, 0.25) is 0 Å². The number of pyridine rings is 2. The summed E-state index contributed by atoms with van der Waals surface area (Å²) in [5.41, 5.74) is 1.18. The average Bonchev–Trinajstić information content (AvgIpc) is 3.27. The Morgan fingerprint density at radius 1 is 1.24 bits per heavy atom. The van der Waals surface area contributed by atoms with Gasteiger partial charge in [0.05, 0.1) is 20.3 Å². The number of aryl methyl sites for hydroxylation is 1. The van der Waals surface area contributed by atoms with Crippen LogP contribution in [0.4, 0.5) is 19.0 Å². The highest BCUT2D eigenvalue weighted by Crippen LogP contribution is 2.30. The number of alkyl halides is 3. The lowest BCUT2D eigenvalue weighted by Crippen LogP contribution is -2.04. The van der Waals surface area contributed by atoms with Crippen LogP contribution in [0.1, 0.15) is 11.6 Å². The molecule has 0 spiro atoms. The number of aromatic nitrogens is 5. The monoisotopic (exact) mass is 422 g/mol. The molecule has 0 saturated heterocycles. The molecule has 0 amide bonds. The first kappa shape index (κ1) is 19.1. The smallest absolute Gasteiger partial charge is 0.329 e. The third-order valence-corrected chi connectivity index (χ3v) is 5.67. The van der Waals surface area contributed by atoms with Crippen molar-refractivity contribution < 1.29 is 21.9 Å². The summed E-state index contributed by atoms with van der Waals surface area (Å²) < 4.78 is 61.3. The highest BCUT2D eigenvalue weighted by Gasteiger charge is 2.38. The average molecular weight is 422 g/mol. The van der Waals surface area contributed by atoms with Gasteiger partial charge in [0.1, 0.15) is 5.65 Å². The lowest BCUT2D eigenvalue weighted by Gasteiger charge is -2.04. The second-order valence-electron chi connectivity index (χ2n) is 6.17. The number of rotatable bonds is 3. The molecule has 1 atom stereocenters. The van der Waals surface area contributed by atoms with Gasteiger partial charge in [0.2, 0.25) is 5.82 Å². The van der Waals surface area contributed by atoms with Gasteiger partial charge in [0, 0.05) is 30.4 Å². The third kappa shape index (κ3) is 3.58. The molecule has 0 N–H and O–H groups in total. The summed E-state index contributed by atoms with van der Waals surface area (Å²) in [4.78, 5) is 12.2. The minimum Gasteiger partial charge on any atom is -0.329 e. The first-order chi connectivity index (χ1) is 13.6. The second kappa shape index (κ2) is 6.65. The molecule has 29 heavy (non-hydrogen) atoms. The lowest BCUT2D eigenvalue weighted by atomic mass is 10.2. The van der Waals surface area contributed by atoms with E-state index in [1.54, 1.807) is 35.9 Å². The molecule has 0 bridgehead atoms. The van der Waals surface area contributed by atoms with Crippen molar-refractivity contribution in [2.45, 2.75) is 18.0 Å². The summed E-state index contributed by atoms with van der Waals surface area (Å²) in [6.07, 6.45) is 1.37. The van der Waals surface area contributed by atoms with Crippen molar-refractivity contribution >= 4 is 21.2 Å². The van der Waals surface area contributed by atoms with Crippen LogP contribution in [0.3, 0.4) is 0 Å². The number of fused-ring (bicyclic) bond motifs is 1. The molecule has 4 aromatic rings. The maximum Gasteiger partial charge on any atom is 0.471 e. The standard InChI is InChI=1S/C17H13F3N6O2S/c1-10-15(25-29(2,27)12-4-3-6-21-9-12)26-7-5-11(8-13(26)22-10)14-23-16(28-24-14)17(18,19)20/h3-9H,1-2H3. The summed E-state index contributed by atoms with van der Waals surface area (Å²) in [5.74, 6) is -1.27. The normalized spacial score (nSPS) is 14.1. The highest BCUT2D eigenvalue weighted by atomic mass is 32.2. The van der Waals surface area contributed by atoms with E-state index in [1.165, 1.54) is 24.6 Å². The van der Waals surface area contributed by atoms with Gasteiger partial charge in [-0.15, -0.1) is 0 Å². The Bertz CT molecular complexity index is 1320. The fourth-order valence-electron chi connectivity index (χ4n) is 2.64. The molecule has 0 saturated carbocycles. The quantitative estimate of drug-likeness (QED) is 0.497. The molecule has 150 valence electrons. The van der Waals surface area contributed by atoms with E-state index >= 15 is 0 Å². The van der Waals surface area contributed by atoms with Crippen molar-refractivity contribution in [1.82, 2.24) is 24.5 Å². The van der Waals surface area contributed by atoms with Crippen LogP contribution in [0.25, 0.3) is 17.0 Å². The molecule has 0 aliphatic heterocycles. The number of halogens is 3. The maximum absolute atomic E-state index is 13.0. The van der Waals surface area contributed by atoms with Crippen molar-refractivity contribution in [2.75, 3.05) is 6.26 Å². The molecule has 4 aromatic heterocycles. The van der Waals surface area contributed by atoms with Crippen LogP contribution in [0.5, 0.6) is 0 Å². The van der Waals surface area contributed by atoms with E-state index < -0.39 is 21.8 Å². The first-order valence-corrected chi connectivity index (χ1v) is 10.1. The fraction of sp³-hybridized carbons (Fsp3) is 0.176. The zero-order chi connectivity index (χ0) is 20.8. The van der Waals surface area contributed by atoms with Crippen LogP contribution in [0.15, 0.2) is 56.6 Å². The van der Waals surface area contributed by atoms with Crippen LogP contribution in [-0.2, 0) is 15.9 Å². The molecule has 0 fully saturated rings. The number of hydrogen-bond acceptors (Lipinski definition) is 7. The molecular formula is C17H13F3N6O2S. The topological polar surface area (TPSA) is 98.5 Å². The van der Waals surface area contributed by atoms with Crippen LogP contribution in [-0.4, -0.2) is 35.0 Å². The molecule has 1 unspecified atom stereocenters. The minimum absolute atomic E-state index is 0.214. The van der Waals surface area contributed by atoms with Crippen LogP contribution >= 0.6 is 0 Å². The Balaban J connectivity index is 1.79. The van der Waals surface area contributed by atoms with E-state index in [4.69, 9.17) is 0 Å². The SMILES string of the molecule is Cc1nc2cc(-c3noc(C(F)(F)F)n3)ccn2c1N=S(C)(=O)c1cccnc1. The zero-order valence-corrected chi connectivity index (χ0v) is 15.9. The molecule has 0 aromatic carbocycles. The van der Waals surface area contributed by atoms with Crippen LogP contribution in [0, 0.1) is 6.92 Å². The van der Waals surface area contributed by atoms with Crippen molar-refractivity contribution in [3.05, 3.63) is 54.4 Å². The van der Waals surface area contributed by atoms with Gasteiger partial charge in [0.25, 0.3) is 0 Å². The van der Waals surface area contributed by atoms with Crippen molar-refractivity contribution in [1.29, 1.82) is 0 Å². The second-order valence-corrected chi connectivity index (χ2v) is 8.43. The summed E-state index contributed by atoms with van der Waals surface area (Å²) in [6.45, 7) is 1.69. The Morgan fingerprint density at radius 3 is 2.69 bits per heavy atom. The molecule has 8 nitrogen and oxygen atoms in total. The van der Waals surface area contributed by atoms with Gasteiger partial charge in [-0.25, -0.2) is 9.19 Å². The first-order valence-electron chi connectivity index (χ1n) is 8.17. The predicted molar refractivity (Wildman–Crippen MR) is 96.9 cm³/mol. The Labute approximate surface area is 162 Å². The van der Waals surface area contributed by atoms with Crippen molar-refractivity contribution in [2.24, 2.45) is 4.36 Å². The van der Waals surface area contributed by atoms with E-state index in [9.17, 15) is 17.4 Å². The summed E-state index contributed by atoms with van der Waals surface area (Å²) in [7, 11) is -2.79. The molecule has 4 heterocycles. The van der Waals surface area contributed by atoms with E-state index in [0.717, 1.165) is 0 Å².